The quantitative estimate of drug-likeness (QED) is 0.636. The highest BCUT2D eigenvalue weighted by atomic mass is 79.9. The lowest BCUT2D eigenvalue weighted by Gasteiger charge is -2.10. The standard InChI is InChI=1S/C18H13BrClN5O2/c19-11-3-7-13(8-4-11)21-15(26)9-14-17(27)23-18-22-16(24-25(14)18)10-1-5-12(20)6-2-10/h1-8,14H,9H2,(H,21,26)(H,22,23,24,27)/t14-/m1/s1. The van der Waals surface area contributed by atoms with E-state index < -0.39 is 6.04 Å². The zero-order valence-corrected chi connectivity index (χ0v) is 16.2. The molecule has 2 heterocycles. The van der Waals surface area contributed by atoms with Gasteiger partial charge in [0.25, 0.3) is 5.91 Å². The van der Waals surface area contributed by atoms with Crippen LogP contribution in [-0.2, 0) is 9.59 Å². The number of carbonyl (C=O) groups is 2. The van der Waals surface area contributed by atoms with Gasteiger partial charge in [0.05, 0.1) is 6.42 Å². The van der Waals surface area contributed by atoms with Gasteiger partial charge in [-0.25, -0.2) is 4.68 Å². The lowest BCUT2D eigenvalue weighted by atomic mass is 10.2. The second-order valence-corrected chi connectivity index (χ2v) is 7.33. The Hall–Kier alpha value is -2.71. The van der Waals surface area contributed by atoms with E-state index in [1.807, 2.05) is 12.1 Å². The van der Waals surface area contributed by atoms with Gasteiger partial charge in [-0.05, 0) is 48.5 Å². The van der Waals surface area contributed by atoms with E-state index in [4.69, 9.17) is 11.6 Å². The maximum Gasteiger partial charge on any atom is 0.252 e. The number of anilines is 2. The molecule has 9 heteroatoms. The van der Waals surface area contributed by atoms with E-state index in [1.54, 1.807) is 36.4 Å². The van der Waals surface area contributed by atoms with Crippen molar-refractivity contribution in [1.29, 1.82) is 0 Å². The molecule has 3 aromatic rings. The molecule has 0 bridgehead atoms. The average Bonchev–Trinajstić information content (AvgIpc) is 3.17. The Bertz CT molecular complexity index is 1020. The van der Waals surface area contributed by atoms with Crippen molar-refractivity contribution in [2.75, 3.05) is 10.6 Å². The zero-order chi connectivity index (χ0) is 19.0. The molecule has 2 aromatic carbocycles. The highest BCUT2D eigenvalue weighted by Crippen LogP contribution is 2.29. The number of halogens is 2. The molecule has 0 aliphatic carbocycles. The van der Waals surface area contributed by atoms with Crippen LogP contribution in [0, 0.1) is 0 Å². The molecule has 1 aliphatic rings. The molecule has 0 saturated heterocycles. The van der Waals surface area contributed by atoms with Crippen LogP contribution in [0.25, 0.3) is 11.4 Å². The molecule has 0 spiro atoms. The zero-order valence-electron chi connectivity index (χ0n) is 13.8. The van der Waals surface area contributed by atoms with E-state index in [9.17, 15) is 9.59 Å². The van der Waals surface area contributed by atoms with Gasteiger partial charge in [-0.15, -0.1) is 5.10 Å². The van der Waals surface area contributed by atoms with Crippen molar-refractivity contribution >= 4 is 51.0 Å². The number of rotatable bonds is 4. The van der Waals surface area contributed by atoms with E-state index in [0.29, 0.717) is 22.5 Å². The van der Waals surface area contributed by atoms with Crippen LogP contribution >= 0.6 is 27.5 Å². The Labute approximate surface area is 167 Å². The van der Waals surface area contributed by atoms with Crippen molar-refractivity contribution in [3.8, 4) is 11.4 Å². The van der Waals surface area contributed by atoms with Crippen molar-refractivity contribution in [3.63, 3.8) is 0 Å². The number of hydrogen-bond donors (Lipinski definition) is 2. The summed E-state index contributed by atoms with van der Waals surface area (Å²) in [5.41, 5.74) is 1.43. The number of aromatic nitrogens is 3. The second kappa shape index (κ2) is 7.13. The van der Waals surface area contributed by atoms with Crippen molar-refractivity contribution in [2.45, 2.75) is 12.5 Å². The third kappa shape index (κ3) is 3.72. The van der Waals surface area contributed by atoms with Crippen molar-refractivity contribution in [3.05, 3.63) is 58.0 Å². The topological polar surface area (TPSA) is 88.9 Å². The molecule has 1 aromatic heterocycles. The minimum Gasteiger partial charge on any atom is -0.326 e. The van der Waals surface area contributed by atoms with Crippen LogP contribution in [0.4, 0.5) is 11.6 Å². The number of hydrogen-bond acceptors (Lipinski definition) is 4. The molecule has 7 nitrogen and oxygen atoms in total. The Kier molecular flexibility index (Phi) is 4.67. The Morgan fingerprint density at radius 3 is 2.59 bits per heavy atom. The summed E-state index contributed by atoms with van der Waals surface area (Å²) < 4.78 is 2.37. The van der Waals surface area contributed by atoms with Gasteiger partial charge in [0.1, 0.15) is 6.04 Å². The lowest BCUT2D eigenvalue weighted by molar-refractivity contribution is -0.123. The molecular formula is C18H13BrClN5O2. The average molecular weight is 447 g/mol. The summed E-state index contributed by atoms with van der Waals surface area (Å²) in [7, 11) is 0. The first kappa shape index (κ1) is 17.7. The molecule has 2 amide bonds. The third-order valence-corrected chi connectivity index (χ3v) is 4.85. The molecule has 27 heavy (non-hydrogen) atoms. The van der Waals surface area contributed by atoms with Crippen LogP contribution < -0.4 is 10.6 Å². The maximum atomic E-state index is 12.3. The van der Waals surface area contributed by atoms with Crippen molar-refractivity contribution in [1.82, 2.24) is 14.8 Å². The van der Waals surface area contributed by atoms with Crippen molar-refractivity contribution < 1.29 is 9.59 Å². The summed E-state index contributed by atoms with van der Waals surface area (Å²) in [6, 6.07) is 13.5. The second-order valence-electron chi connectivity index (χ2n) is 5.97. The minimum absolute atomic E-state index is 0.0433. The molecule has 136 valence electrons. The third-order valence-electron chi connectivity index (χ3n) is 4.07. The molecule has 1 aliphatic heterocycles. The number of nitrogens with one attached hydrogen (secondary N) is 2. The summed E-state index contributed by atoms with van der Waals surface area (Å²) in [4.78, 5) is 28.9. The van der Waals surface area contributed by atoms with Gasteiger partial charge in [0.15, 0.2) is 5.82 Å². The monoisotopic (exact) mass is 445 g/mol. The normalized spacial score (nSPS) is 15.3. The first-order valence-corrected chi connectivity index (χ1v) is 9.25. The van der Waals surface area contributed by atoms with Crippen LogP contribution in [0.15, 0.2) is 53.0 Å². The Morgan fingerprint density at radius 2 is 1.89 bits per heavy atom. The fraction of sp³-hybridized carbons (Fsp3) is 0.111. The van der Waals surface area contributed by atoms with Crippen LogP contribution in [0.3, 0.4) is 0 Å². The molecule has 0 unspecified atom stereocenters. The summed E-state index contributed by atoms with van der Waals surface area (Å²) in [6.45, 7) is 0. The number of carbonyl (C=O) groups excluding carboxylic acids is 2. The predicted molar refractivity (Wildman–Crippen MR) is 106 cm³/mol. The smallest absolute Gasteiger partial charge is 0.252 e. The number of nitrogens with zero attached hydrogens (tertiary/aromatic N) is 3. The molecular weight excluding hydrogens is 434 g/mol. The summed E-state index contributed by atoms with van der Waals surface area (Å²) in [5, 5.41) is 10.4. The van der Waals surface area contributed by atoms with E-state index in [2.05, 4.69) is 36.6 Å². The predicted octanol–water partition coefficient (Wildman–Crippen LogP) is 3.88. The molecule has 2 N–H and O–H groups in total. The summed E-state index contributed by atoms with van der Waals surface area (Å²) in [5.74, 6) is 0.193. The lowest BCUT2D eigenvalue weighted by Crippen LogP contribution is -2.23. The molecule has 0 fully saturated rings. The first-order chi connectivity index (χ1) is 13.0. The first-order valence-electron chi connectivity index (χ1n) is 8.08. The van der Waals surface area contributed by atoms with Crippen LogP contribution in [-0.4, -0.2) is 26.6 Å². The summed E-state index contributed by atoms with van der Waals surface area (Å²) in [6.07, 6.45) is -0.0433. The highest BCUT2D eigenvalue weighted by Gasteiger charge is 2.35. The largest absolute Gasteiger partial charge is 0.326 e. The van der Waals surface area contributed by atoms with E-state index in [1.165, 1.54) is 4.68 Å². The van der Waals surface area contributed by atoms with E-state index in [-0.39, 0.29) is 18.2 Å². The summed E-state index contributed by atoms with van der Waals surface area (Å²) >= 11 is 9.24. The SMILES string of the molecule is O=C(C[C@@H]1C(=O)Nc2nc(-c3ccc(Cl)cc3)nn21)Nc1ccc(Br)cc1. The van der Waals surface area contributed by atoms with Crippen LogP contribution in [0.5, 0.6) is 0 Å². The van der Waals surface area contributed by atoms with Crippen LogP contribution in [0.2, 0.25) is 5.02 Å². The molecule has 1 atom stereocenters. The Morgan fingerprint density at radius 1 is 1.19 bits per heavy atom. The van der Waals surface area contributed by atoms with Gasteiger partial charge >= 0.3 is 0 Å². The van der Waals surface area contributed by atoms with E-state index >= 15 is 0 Å². The number of benzene rings is 2. The van der Waals surface area contributed by atoms with Crippen LogP contribution in [0.1, 0.15) is 12.5 Å². The maximum absolute atomic E-state index is 12.3. The molecule has 0 saturated carbocycles. The van der Waals surface area contributed by atoms with Gasteiger partial charge in [-0.3, -0.25) is 14.9 Å². The van der Waals surface area contributed by atoms with Gasteiger partial charge in [-0.1, -0.05) is 27.5 Å². The van der Waals surface area contributed by atoms with Gasteiger partial charge in [-0.2, -0.15) is 4.98 Å². The van der Waals surface area contributed by atoms with Gasteiger partial charge in [0, 0.05) is 20.7 Å². The fourth-order valence-corrected chi connectivity index (χ4v) is 3.14. The van der Waals surface area contributed by atoms with Gasteiger partial charge in [0.2, 0.25) is 11.9 Å². The highest BCUT2D eigenvalue weighted by molar-refractivity contribution is 9.10. The Balaban J connectivity index is 1.51. The number of amides is 2. The minimum atomic E-state index is -0.746. The van der Waals surface area contributed by atoms with Gasteiger partial charge < -0.3 is 5.32 Å². The molecule has 0 radical (unpaired) electrons. The fourth-order valence-electron chi connectivity index (χ4n) is 2.75. The number of fused-ring (bicyclic) bond motifs is 1. The van der Waals surface area contributed by atoms with Crippen molar-refractivity contribution in [2.24, 2.45) is 0 Å². The van der Waals surface area contributed by atoms with E-state index in [0.717, 1.165) is 10.0 Å². The molecule has 4 rings (SSSR count).